The topological polar surface area (TPSA) is 22.1 Å². The van der Waals surface area contributed by atoms with Crippen LogP contribution < -0.4 is 4.74 Å². The average molecular weight is 276 g/mol. The SMILES string of the molecule is COc1ccc2nc3c(c(Cl)c2c1)CCC(C)(C)C3. The molecule has 1 heterocycles. The van der Waals surface area contributed by atoms with Gasteiger partial charge in [0.05, 0.1) is 17.6 Å². The molecule has 2 nitrogen and oxygen atoms in total. The fraction of sp³-hybridized carbons (Fsp3) is 0.438. The number of pyridine rings is 1. The highest BCUT2D eigenvalue weighted by Gasteiger charge is 2.28. The molecule has 0 saturated heterocycles. The fourth-order valence-corrected chi connectivity index (χ4v) is 3.18. The zero-order valence-electron chi connectivity index (χ0n) is 11.6. The van der Waals surface area contributed by atoms with Crippen molar-refractivity contribution in [3.63, 3.8) is 0 Å². The van der Waals surface area contributed by atoms with E-state index >= 15 is 0 Å². The molecule has 0 spiro atoms. The van der Waals surface area contributed by atoms with E-state index in [2.05, 4.69) is 13.8 Å². The van der Waals surface area contributed by atoms with Gasteiger partial charge in [-0.1, -0.05) is 25.4 Å². The summed E-state index contributed by atoms with van der Waals surface area (Å²) in [6.07, 6.45) is 3.18. The second-order valence-corrected chi connectivity index (χ2v) is 6.45. The average Bonchev–Trinajstić information content (AvgIpc) is 2.37. The molecular weight excluding hydrogens is 258 g/mol. The molecule has 100 valence electrons. The maximum Gasteiger partial charge on any atom is 0.119 e. The van der Waals surface area contributed by atoms with E-state index in [0.717, 1.165) is 40.9 Å². The summed E-state index contributed by atoms with van der Waals surface area (Å²) in [7, 11) is 1.67. The second kappa shape index (κ2) is 4.38. The first-order valence-corrected chi connectivity index (χ1v) is 7.03. The Hall–Kier alpha value is -1.28. The van der Waals surface area contributed by atoms with E-state index in [-0.39, 0.29) is 0 Å². The molecule has 0 radical (unpaired) electrons. The Morgan fingerprint density at radius 2 is 2.11 bits per heavy atom. The Kier molecular flexibility index (Phi) is 2.94. The van der Waals surface area contributed by atoms with E-state index in [9.17, 15) is 0 Å². The molecule has 1 aromatic heterocycles. The Labute approximate surface area is 118 Å². The monoisotopic (exact) mass is 275 g/mol. The molecule has 0 atom stereocenters. The van der Waals surface area contributed by atoms with Gasteiger partial charge in [-0.2, -0.15) is 0 Å². The summed E-state index contributed by atoms with van der Waals surface area (Å²) in [4.78, 5) is 4.81. The van der Waals surface area contributed by atoms with E-state index in [1.807, 2.05) is 18.2 Å². The van der Waals surface area contributed by atoms with E-state index in [1.54, 1.807) is 7.11 Å². The van der Waals surface area contributed by atoms with Crippen LogP contribution in [0.4, 0.5) is 0 Å². The molecule has 1 aliphatic carbocycles. The molecule has 3 heteroatoms. The van der Waals surface area contributed by atoms with Gasteiger partial charge in [-0.05, 0) is 48.4 Å². The molecule has 0 fully saturated rings. The zero-order chi connectivity index (χ0) is 13.6. The van der Waals surface area contributed by atoms with Crippen molar-refractivity contribution in [2.45, 2.75) is 33.1 Å². The van der Waals surface area contributed by atoms with Crippen LogP contribution in [0.1, 0.15) is 31.5 Å². The fourth-order valence-electron chi connectivity index (χ4n) is 2.82. The highest BCUT2D eigenvalue weighted by Crippen LogP contribution is 2.39. The molecule has 19 heavy (non-hydrogen) atoms. The third kappa shape index (κ3) is 2.18. The minimum absolute atomic E-state index is 0.323. The third-order valence-corrected chi connectivity index (χ3v) is 4.44. The van der Waals surface area contributed by atoms with Gasteiger partial charge in [0.15, 0.2) is 0 Å². The standard InChI is InChI=1S/C16H18ClNO/c1-16(2)7-6-11-14(9-16)18-13-5-4-10(19-3)8-12(13)15(11)17/h4-5,8H,6-7,9H2,1-3H3. The van der Waals surface area contributed by atoms with E-state index in [4.69, 9.17) is 21.3 Å². The maximum absolute atomic E-state index is 6.59. The number of fused-ring (bicyclic) bond motifs is 2. The van der Waals surface area contributed by atoms with Crippen molar-refractivity contribution in [3.8, 4) is 5.75 Å². The number of ether oxygens (including phenoxy) is 1. The lowest BCUT2D eigenvalue weighted by molar-refractivity contribution is 0.311. The highest BCUT2D eigenvalue weighted by molar-refractivity contribution is 6.36. The van der Waals surface area contributed by atoms with Gasteiger partial charge in [-0.3, -0.25) is 4.98 Å². The van der Waals surface area contributed by atoms with Crippen molar-refractivity contribution in [1.29, 1.82) is 0 Å². The number of methoxy groups -OCH3 is 1. The summed E-state index contributed by atoms with van der Waals surface area (Å²) in [6, 6.07) is 5.90. The maximum atomic E-state index is 6.59. The van der Waals surface area contributed by atoms with Crippen LogP contribution in [0.25, 0.3) is 10.9 Å². The van der Waals surface area contributed by atoms with Gasteiger partial charge in [0, 0.05) is 11.1 Å². The predicted octanol–water partition coefficient (Wildman–Crippen LogP) is 4.41. The second-order valence-electron chi connectivity index (χ2n) is 6.08. The minimum atomic E-state index is 0.323. The molecular formula is C16H18ClNO. The summed E-state index contributed by atoms with van der Waals surface area (Å²) >= 11 is 6.59. The van der Waals surface area contributed by atoms with Crippen LogP contribution >= 0.6 is 11.6 Å². The number of hydrogen-bond donors (Lipinski definition) is 0. The van der Waals surface area contributed by atoms with Gasteiger partial charge >= 0.3 is 0 Å². The highest BCUT2D eigenvalue weighted by atomic mass is 35.5. The van der Waals surface area contributed by atoms with Crippen molar-refractivity contribution >= 4 is 22.5 Å². The molecule has 0 aliphatic heterocycles. The predicted molar refractivity (Wildman–Crippen MR) is 79.1 cm³/mol. The first-order chi connectivity index (χ1) is 9.00. The largest absolute Gasteiger partial charge is 0.497 e. The number of hydrogen-bond acceptors (Lipinski definition) is 2. The van der Waals surface area contributed by atoms with Crippen LogP contribution in [0.5, 0.6) is 5.75 Å². The first kappa shape index (κ1) is 12.7. The Bertz CT molecular complexity index is 649. The van der Waals surface area contributed by atoms with Gasteiger partial charge in [0.25, 0.3) is 0 Å². The number of benzene rings is 1. The first-order valence-electron chi connectivity index (χ1n) is 6.65. The molecule has 3 rings (SSSR count). The van der Waals surface area contributed by atoms with Crippen LogP contribution in [0.15, 0.2) is 18.2 Å². The van der Waals surface area contributed by atoms with Crippen molar-refractivity contribution < 1.29 is 4.74 Å². The number of rotatable bonds is 1. The van der Waals surface area contributed by atoms with Crippen molar-refractivity contribution in [2.24, 2.45) is 5.41 Å². The van der Waals surface area contributed by atoms with Gasteiger partial charge in [0.2, 0.25) is 0 Å². The molecule has 2 aromatic rings. The molecule has 0 N–H and O–H groups in total. The van der Waals surface area contributed by atoms with Gasteiger partial charge < -0.3 is 4.74 Å². The van der Waals surface area contributed by atoms with Crippen LogP contribution in [-0.4, -0.2) is 12.1 Å². The van der Waals surface area contributed by atoms with Crippen molar-refractivity contribution in [3.05, 3.63) is 34.5 Å². The van der Waals surface area contributed by atoms with Gasteiger partial charge in [-0.25, -0.2) is 0 Å². The molecule has 1 aromatic carbocycles. The lowest BCUT2D eigenvalue weighted by Gasteiger charge is -2.31. The minimum Gasteiger partial charge on any atom is -0.497 e. The molecule has 1 aliphatic rings. The van der Waals surface area contributed by atoms with Crippen LogP contribution in [0.3, 0.4) is 0 Å². The molecule has 0 saturated carbocycles. The van der Waals surface area contributed by atoms with Crippen molar-refractivity contribution in [2.75, 3.05) is 7.11 Å². The number of nitrogens with zero attached hydrogens (tertiary/aromatic N) is 1. The summed E-state index contributed by atoms with van der Waals surface area (Å²) in [5.41, 5.74) is 3.67. The summed E-state index contributed by atoms with van der Waals surface area (Å²) in [5, 5.41) is 1.86. The summed E-state index contributed by atoms with van der Waals surface area (Å²) < 4.78 is 5.27. The summed E-state index contributed by atoms with van der Waals surface area (Å²) in [5.74, 6) is 0.826. The molecule has 0 unspecified atom stereocenters. The molecule has 0 amide bonds. The molecule has 0 bridgehead atoms. The van der Waals surface area contributed by atoms with E-state index < -0.39 is 0 Å². The normalized spacial score (nSPS) is 17.3. The Morgan fingerprint density at radius 1 is 1.32 bits per heavy atom. The summed E-state index contributed by atoms with van der Waals surface area (Å²) in [6.45, 7) is 4.59. The lowest BCUT2D eigenvalue weighted by Crippen LogP contribution is -2.23. The zero-order valence-corrected chi connectivity index (χ0v) is 12.3. The van der Waals surface area contributed by atoms with Gasteiger partial charge in [0.1, 0.15) is 5.75 Å². The Balaban J connectivity index is 2.22. The van der Waals surface area contributed by atoms with Crippen molar-refractivity contribution in [1.82, 2.24) is 4.98 Å². The lowest BCUT2D eigenvalue weighted by atomic mass is 9.76. The van der Waals surface area contributed by atoms with Crippen LogP contribution in [0, 0.1) is 5.41 Å². The Morgan fingerprint density at radius 3 is 2.84 bits per heavy atom. The van der Waals surface area contributed by atoms with E-state index in [0.29, 0.717) is 5.41 Å². The van der Waals surface area contributed by atoms with Crippen LogP contribution in [0.2, 0.25) is 5.02 Å². The van der Waals surface area contributed by atoms with Gasteiger partial charge in [-0.15, -0.1) is 0 Å². The van der Waals surface area contributed by atoms with E-state index in [1.165, 1.54) is 11.3 Å². The number of halogens is 1. The number of aromatic nitrogens is 1. The smallest absolute Gasteiger partial charge is 0.119 e. The third-order valence-electron chi connectivity index (χ3n) is 4.01. The van der Waals surface area contributed by atoms with Crippen LogP contribution in [-0.2, 0) is 12.8 Å². The quantitative estimate of drug-likeness (QED) is 0.769.